The van der Waals surface area contributed by atoms with E-state index in [-0.39, 0.29) is 29.0 Å². The molecule has 1 fully saturated rings. The number of benzene rings is 3. The Hall–Kier alpha value is -3.87. The van der Waals surface area contributed by atoms with Crippen LogP contribution in [-0.2, 0) is 34.5 Å². The first-order chi connectivity index (χ1) is 21.3. The van der Waals surface area contributed by atoms with Crippen LogP contribution >= 0.6 is 0 Å². The molecule has 1 heterocycles. The molecule has 0 aliphatic carbocycles. The van der Waals surface area contributed by atoms with E-state index >= 15 is 0 Å². The third-order valence-corrected chi connectivity index (χ3v) is 8.28. The molecule has 45 heavy (non-hydrogen) atoms. The number of methoxy groups -OCH3 is 2. The summed E-state index contributed by atoms with van der Waals surface area (Å²) in [6.07, 6.45) is 0.821. The normalized spacial score (nSPS) is 14.9. The van der Waals surface area contributed by atoms with Gasteiger partial charge in [-0.25, -0.2) is 8.42 Å². The van der Waals surface area contributed by atoms with Gasteiger partial charge in [0.25, 0.3) is 0 Å². The van der Waals surface area contributed by atoms with E-state index in [1.807, 2.05) is 51.1 Å². The fraction of sp³-hybridized carbons (Fsp3) is 0.455. The molecular weight excluding hydrogens is 598 g/mol. The average Bonchev–Trinajstić information content (AvgIpc) is 2.99. The molecule has 1 aliphatic heterocycles. The van der Waals surface area contributed by atoms with Crippen molar-refractivity contribution >= 4 is 44.0 Å². The molecule has 244 valence electrons. The van der Waals surface area contributed by atoms with Crippen molar-refractivity contribution in [2.24, 2.45) is 0 Å². The van der Waals surface area contributed by atoms with Crippen molar-refractivity contribution in [3.05, 3.63) is 59.7 Å². The summed E-state index contributed by atoms with van der Waals surface area (Å²) >= 11 is 0. The topological polar surface area (TPSA) is 132 Å². The predicted octanol–water partition coefficient (Wildman–Crippen LogP) is 4.51. The highest BCUT2D eigenvalue weighted by Crippen LogP contribution is 2.41. The molecule has 1 atom stereocenters. The van der Waals surface area contributed by atoms with Gasteiger partial charge in [-0.05, 0) is 40.1 Å². The number of nitrogens with zero attached hydrogens (tertiary/aromatic N) is 1. The van der Waals surface area contributed by atoms with Gasteiger partial charge < -0.3 is 24.3 Å². The number of carbonyl (C=O) groups excluding carboxylic acids is 2. The van der Waals surface area contributed by atoms with E-state index in [9.17, 15) is 18.0 Å². The summed E-state index contributed by atoms with van der Waals surface area (Å²) in [6, 6.07) is 14.7. The lowest BCUT2D eigenvalue weighted by Gasteiger charge is -2.26. The first-order valence-corrected chi connectivity index (χ1v) is 16.7. The van der Waals surface area contributed by atoms with Crippen LogP contribution in [0.3, 0.4) is 0 Å². The Kier molecular flexibility index (Phi) is 10.9. The molecule has 12 heteroatoms. The molecule has 0 radical (unpaired) electrons. The minimum atomic E-state index is -3.66. The zero-order valence-corrected chi connectivity index (χ0v) is 27.6. The molecule has 0 saturated carbocycles. The van der Waals surface area contributed by atoms with E-state index in [2.05, 4.69) is 14.9 Å². The van der Waals surface area contributed by atoms with Gasteiger partial charge in [0.05, 0.1) is 57.4 Å². The fourth-order valence-electron chi connectivity index (χ4n) is 5.30. The standard InChI is InChI=1S/C33H43N3O8S/c1-33(2,3)22-19-27(31(42-5)28(20-22)35-45(6,39)40)34-32(38)26(21-30(37)41-4)24-11-12-29(25-10-8-7-9-23(24)25)44-18-15-36-13-16-43-17-14-36/h7-12,19-20,26,35H,13-18,21H2,1-6H3,(H,34,38). The molecular formula is C33H43N3O8S. The zero-order valence-electron chi connectivity index (χ0n) is 26.8. The Bertz CT molecular complexity index is 1630. The minimum Gasteiger partial charge on any atom is -0.492 e. The van der Waals surface area contributed by atoms with Gasteiger partial charge in [0.15, 0.2) is 5.75 Å². The van der Waals surface area contributed by atoms with Crippen LogP contribution in [0.25, 0.3) is 10.8 Å². The molecule has 1 unspecified atom stereocenters. The smallest absolute Gasteiger partial charge is 0.306 e. The number of ether oxygens (including phenoxy) is 4. The van der Waals surface area contributed by atoms with Crippen molar-refractivity contribution in [3.63, 3.8) is 0 Å². The summed E-state index contributed by atoms with van der Waals surface area (Å²) in [5.41, 5.74) is 1.45. The number of hydrogen-bond donors (Lipinski definition) is 2. The number of nitrogens with one attached hydrogen (secondary N) is 2. The number of hydrogen-bond acceptors (Lipinski definition) is 9. The summed E-state index contributed by atoms with van der Waals surface area (Å²) < 4.78 is 49.0. The second kappa shape index (κ2) is 14.5. The number of sulfonamides is 1. The SMILES string of the molecule is COC(=O)CC(C(=O)Nc1cc(C(C)(C)C)cc(NS(C)(=O)=O)c1OC)c1ccc(OCCN2CCOCC2)c2ccccc12. The highest BCUT2D eigenvalue weighted by molar-refractivity contribution is 7.92. The lowest BCUT2D eigenvalue weighted by atomic mass is 9.86. The van der Waals surface area contributed by atoms with Crippen LogP contribution in [0.2, 0.25) is 0 Å². The van der Waals surface area contributed by atoms with E-state index < -0.39 is 27.8 Å². The Morgan fingerprint density at radius 2 is 1.67 bits per heavy atom. The number of anilines is 2. The number of amides is 1. The lowest BCUT2D eigenvalue weighted by Crippen LogP contribution is -2.38. The van der Waals surface area contributed by atoms with E-state index in [0.29, 0.717) is 31.1 Å². The maximum Gasteiger partial charge on any atom is 0.306 e. The second-order valence-corrected chi connectivity index (χ2v) is 13.8. The third-order valence-electron chi connectivity index (χ3n) is 7.69. The van der Waals surface area contributed by atoms with Crippen molar-refractivity contribution in [1.29, 1.82) is 0 Å². The maximum atomic E-state index is 14.1. The van der Waals surface area contributed by atoms with E-state index in [4.69, 9.17) is 18.9 Å². The maximum absolute atomic E-state index is 14.1. The number of esters is 1. The average molecular weight is 642 g/mol. The van der Waals surface area contributed by atoms with Crippen molar-refractivity contribution in [2.45, 2.75) is 38.5 Å². The van der Waals surface area contributed by atoms with Crippen molar-refractivity contribution in [1.82, 2.24) is 4.90 Å². The second-order valence-electron chi connectivity index (χ2n) is 12.1. The Morgan fingerprint density at radius 1 is 1.00 bits per heavy atom. The fourth-order valence-corrected chi connectivity index (χ4v) is 5.85. The minimum absolute atomic E-state index is 0.146. The Balaban J connectivity index is 1.71. The molecule has 0 bridgehead atoms. The highest BCUT2D eigenvalue weighted by atomic mass is 32.2. The summed E-state index contributed by atoms with van der Waals surface area (Å²) in [7, 11) is -0.989. The van der Waals surface area contributed by atoms with Gasteiger partial charge in [-0.3, -0.25) is 19.2 Å². The molecule has 11 nitrogen and oxygen atoms in total. The van der Waals surface area contributed by atoms with Gasteiger partial charge in [0.1, 0.15) is 12.4 Å². The number of fused-ring (bicyclic) bond motifs is 1. The van der Waals surface area contributed by atoms with Crippen molar-refractivity contribution in [3.8, 4) is 11.5 Å². The van der Waals surface area contributed by atoms with E-state index in [1.165, 1.54) is 14.2 Å². The van der Waals surface area contributed by atoms with E-state index in [1.54, 1.807) is 18.2 Å². The highest BCUT2D eigenvalue weighted by Gasteiger charge is 2.29. The zero-order chi connectivity index (χ0) is 32.8. The van der Waals surface area contributed by atoms with Crippen LogP contribution in [0.15, 0.2) is 48.5 Å². The van der Waals surface area contributed by atoms with E-state index in [0.717, 1.165) is 42.2 Å². The molecule has 1 saturated heterocycles. The van der Waals surface area contributed by atoms with Gasteiger partial charge in [0.2, 0.25) is 15.9 Å². The summed E-state index contributed by atoms with van der Waals surface area (Å²) in [5.74, 6) is -1.16. The molecule has 2 N–H and O–H groups in total. The van der Waals surface area contributed by atoms with Gasteiger partial charge in [-0.2, -0.15) is 0 Å². The van der Waals surface area contributed by atoms with Crippen LogP contribution in [0.5, 0.6) is 11.5 Å². The monoisotopic (exact) mass is 641 g/mol. The summed E-state index contributed by atoms with van der Waals surface area (Å²) in [6.45, 7) is 10.3. The van der Waals surface area contributed by atoms with Crippen molar-refractivity contribution in [2.75, 3.05) is 70.0 Å². The first-order valence-electron chi connectivity index (χ1n) is 14.8. The van der Waals surface area contributed by atoms with Gasteiger partial charge >= 0.3 is 5.97 Å². The van der Waals surface area contributed by atoms with Crippen LogP contribution in [0.4, 0.5) is 11.4 Å². The van der Waals surface area contributed by atoms with Crippen LogP contribution in [-0.4, -0.2) is 85.1 Å². The first kappa shape index (κ1) is 34.0. The number of morpholine rings is 1. The molecule has 1 aliphatic rings. The summed E-state index contributed by atoms with van der Waals surface area (Å²) in [4.78, 5) is 29.0. The molecule has 3 aromatic carbocycles. The predicted molar refractivity (Wildman–Crippen MR) is 175 cm³/mol. The van der Waals surface area contributed by atoms with Gasteiger partial charge in [0, 0.05) is 25.0 Å². The lowest BCUT2D eigenvalue weighted by molar-refractivity contribution is -0.142. The Labute approximate surface area is 265 Å². The van der Waals surface area contributed by atoms with Crippen LogP contribution < -0.4 is 19.5 Å². The largest absolute Gasteiger partial charge is 0.492 e. The molecule has 4 rings (SSSR count). The van der Waals surface area contributed by atoms with Crippen molar-refractivity contribution < 1.29 is 37.0 Å². The third kappa shape index (κ3) is 8.86. The van der Waals surface area contributed by atoms with Crippen LogP contribution in [0.1, 0.15) is 44.2 Å². The molecule has 3 aromatic rings. The van der Waals surface area contributed by atoms with Crippen LogP contribution in [0, 0.1) is 0 Å². The molecule has 0 aromatic heterocycles. The Morgan fingerprint density at radius 3 is 2.29 bits per heavy atom. The molecule has 1 amide bonds. The quantitative estimate of drug-likeness (QED) is 0.274. The summed E-state index contributed by atoms with van der Waals surface area (Å²) in [5, 5.41) is 4.50. The molecule has 0 spiro atoms. The number of rotatable bonds is 12. The van der Waals surface area contributed by atoms with Gasteiger partial charge in [-0.15, -0.1) is 0 Å². The number of carbonyl (C=O) groups is 2. The van der Waals surface area contributed by atoms with Gasteiger partial charge in [-0.1, -0.05) is 51.1 Å².